The first kappa shape index (κ1) is 14.3. The molecule has 7 nitrogen and oxygen atoms in total. The summed E-state index contributed by atoms with van der Waals surface area (Å²) in [6.45, 7) is 0. The van der Waals surface area contributed by atoms with Gasteiger partial charge in [-0.05, 0) is 24.3 Å². The van der Waals surface area contributed by atoms with Crippen molar-refractivity contribution in [3.63, 3.8) is 0 Å². The number of nitrogen functional groups attached to an aromatic ring is 1. The molecule has 0 aliphatic heterocycles. The Morgan fingerprint density at radius 3 is 2.48 bits per heavy atom. The minimum atomic E-state index is -0.394. The molecule has 3 aromatic rings. The Hall–Kier alpha value is -3.66. The van der Waals surface area contributed by atoms with Gasteiger partial charge in [0.2, 0.25) is 0 Å². The molecular weight excluding hydrogens is 292 g/mol. The molecule has 0 unspecified atom stereocenters. The molecule has 0 atom stereocenters. The first-order valence-electron chi connectivity index (χ1n) is 6.76. The number of aromatic nitrogens is 2. The highest BCUT2D eigenvalue weighted by atomic mass is 16.1. The smallest absolute Gasteiger partial charge is 0.292 e. The van der Waals surface area contributed by atoms with Crippen LogP contribution in [0.4, 0.5) is 17.1 Å². The SMILES string of the molecule is N#Cc1ccccc1N=Nc1c(-c2ccc(N)cc2)[nH][nH]c1=O. The van der Waals surface area contributed by atoms with Crippen molar-refractivity contribution in [1.82, 2.24) is 10.2 Å². The number of nitrogens with zero attached hydrogens (tertiary/aromatic N) is 3. The number of hydrogen-bond donors (Lipinski definition) is 3. The Labute approximate surface area is 131 Å². The van der Waals surface area contributed by atoms with E-state index >= 15 is 0 Å². The number of H-pyrrole nitrogens is 2. The number of hydrogen-bond acceptors (Lipinski definition) is 5. The fourth-order valence-corrected chi connectivity index (χ4v) is 2.06. The van der Waals surface area contributed by atoms with Gasteiger partial charge in [0.05, 0.1) is 11.3 Å². The Balaban J connectivity index is 2.03. The largest absolute Gasteiger partial charge is 0.399 e. The van der Waals surface area contributed by atoms with Crippen LogP contribution >= 0.6 is 0 Å². The van der Waals surface area contributed by atoms with Crippen LogP contribution in [0.1, 0.15) is 5.56 Å². The van der Waals surface area contributed by atoms with Crippen molar-refractivity contribution in [3.8, 4) is 17.3 Å². The number of aromatic amines is 2. The summed E-state index contributed by atoms with van der Waals surface area (Å²) >= 11 is 0. The third-order valence-corrected chi connectivity index (χ3v) is 3.23. The number of benzene rings is 2. The lowest BCUT2D eigenvalue weighted by atomic mass is 10.1. The lowest BCUT2D eigenvalue weighted by Crippen LogP contribution is -1.96. The maximum Gasteiger partial charge on any atom is 0.292 e. The monoisotopic (exact) mass is 304 g/mol. The molecule has 0 radical (unpaired) electrons. The van der Waals surface area contributed by atoms with Crippen molar-refractivity contribution in [2.75, 3.05) is 5.73 Å². The summed E-state index contributed by atoms with van der Waals surface area (Å²) in [6, 6.07) is 15.8. The van der Waals surface area contributed by atoms with E-state index in [0.29, 0.717) is 22.6 Å². The predicted octanol–water partition coefficient (Wildman–Crippen LogP) is 3.24. The fourth-order valence-electron chi connectivity index (χ4n) is 2.06. The molecule has 2 aromatic carbocycles. The minimum Gasteiger partial charge on any atom is -0.399 e. The van der Waals surface area contributed by atoms with Crippen LogP contribution in [-0.2, 0) is 0 Å². The molecule has 0 aliphatic rings. The molecule has 0 saturated carbocycles. The van der Waals surface area contributed by atoms with E-state index in [1.165, 1.54) is 0 Å². The zero-order valence-corrected chi connectivity index (χ0v) is 11.9. The average Bonchev–Trinajstić information content (AvgIpc) is 2.94. The quantitative estimate of drug-likeness (QED) is 0.508. The summed E-state index contributed by atoms with van der Waals surface area (Å²) in [4.78, 5) is 11.9. The van der Waals surface area contributed by atoms with Gasteiger partial charge in [-0.2, -0.15) is 5.26 Å². The van der Waals surface area contributed by atoms with E-state index in [2.05, 4.69) is 20.4 Å². The topological polar surface area (TPSA) is 123 Å². The van der Waals surface area contributed by atoms with Crippen LogP contribution in [-0.4, -0.2) is 10.2 Å². The summed E-state index contributed by atoms with van der Waals surface area (Å²) in [5, 5.41) is 22.3. The van der Waals surface area contributed by atoms with E-state index in [-0.39, 0.29) is 5.69 Å². The highest BCUT2D eigenvalue weighted by molar-refractivity contribution is 5.72. The summed E-state index contributed by atoms with van der Waals surface area (Å²) in [7, 11) is 0. The molecule has 0 aliphatic carbocycles. The predicted molar refractivity (Wildman–Crippen MR) is 86.6 cm³/mol. The van der Waals surface area contributed by atoms with Gasteiger partial charge in [0, 0.05) is 11.3 Å². The molecule has 4 N–H and O–H groups in total. The van der Waals surface area contributed by atoms with E-state index in [1.54, 1.807) is 48.5 Å². The molecule has 0 spiro atoms. The maximum atomic E-state index is 11.9. The second-order valence-electron chi connectivity index (χ2n) is 4.75. The maximum absolute atomic E-state index is 11.9. The van der Waals surface area contributed by atoms with E-state index in [1.807, 2.05) is 6.07 Å². The van der Waals surface area contributed by atoms with Gasteiger partial charge in [-0.25, -0.2) is 0 Å². The fraction of sp³-hybridized carbons (Fsp3) is 0. The molecule has 0 amide bonds. The van der Waals surface area contributed by atoms with Crippen LogP contribution in [0, 0.1) is 11.3 Å². The van der Waals surface area contributed by atoms with Gasteiger partial charge in [0.25, 0.3) is 5.56 Å². The summed E-state index contributed by atoms with van der Waals surface area (Å²) in [5.74, 6) is 0. The van der Waals surface area contributed by atoms with Crippen molar-refractivity contribution in [2.45, 2.75) is 0 Å². The molecule has 112 valence electrons. The molecular formula is C16H12N6O. The van der Waals surface area contributed by atoms with Gasteiger partial charge < -0.3 is 5.73 Å². The third kappa shape index (κ3) is 2.87. The number of nitrogens with two attached hydrogens (primary N) is 1. The van der Waals surface area contributed by atoms with Crippen molar-refractivity contribution >= 4 is 17.1 Å². The zero-order valence-electron chi connectivity index (χ0n) is 11.9. The molecule has 0 bridgehead atoms. The number of anilines is 1. The van der Waals surface area contributed by atoms with Gasteiger partial charge in [0.15, 0.2) is 5.69 Å². The summed E-state index contributed by atoms with van der Waals surface area (Å²) < 4.78 is 0. The number of azo groups is 1. The van der Waals surface area contributed by atoms with E-state index < -0.39 is 5.56 Å². The van der Waals surface area contributed by atoms with Gasteiger partial charge >= 0.3 is 0 Å². The molecule has 1 heterocycles. The van der Waals surface area contributed by atoms with Gasteiger partial charge in [-0.3, -0.25) is 15.0 Å². The second kappa shape index (κ2) is 5.99. The summed E-state index contributed by atoms with van der Waals surface area (Å²) in [5.41, 5.74) is 8.08. The standard InChI is InChI=1S/C16H12N6O/c17-9-11-3-1-2-4-13(11)19-21-15-14(20-22-16(15)23)10-5-7-12(18)8-6-10/h1-8H,18H2,(H2,20,22,23). The van der Waals surface area contributed by atoms with Crippen molar-refractivity contribution in [2.24, 2.45) is 10.2 Å². The Morgan fingerprint density at radius 2 is 1.74 bits per heavy atom. The highest BCUT2D eigenvalue weighted by Gasteiger charge is 2.11. The van der Waals surface area contributed by atoms with Crippen LogP contribution in [0.5, 0.6) is 0 Å². The summed E-state index contributed by atoms with van der Waals surface area (Å²) in [6.07, 6.45) is 0. The molecule has 0 saturated heterocycles. The average molecular weight is 304 g/mol. The normalized spacial score (nSPS) is 10.7. The van der Waals surface area contributed by atoms with Gasteiger partial charge in [0.1, 0.15) is 11.8 Å². The Kier molecular flexibility index (Phi) is 3.72. The molecule has 3 rings (SSSR count). The second-order valence-corrected chi connectivity index (χ2v) is 4.75. The lowest BCUT2D eigenvalue weighted by Gasteiger charge is -2.00. The molecule has 23 heavy (non-hydrogen) atoms. The third-order valence-electron chi connectivity index (χ3n) is 3.23. The van der Waals surface area contributed by atoms with Crippen LogP contribution in [0.2, 0.25) is 0 Å². The first-order chi connectivity index (χ1) is 11.2. The Morgan fingerprint density at radius 1 is 1.00 bits per heavy atom. The molecule has 0 fully saturated rings. The zero-order chi connectivity index (χ0) is 16.2. The minimum absolute atomic E-state index is 0.141. The van der Waals surface area contributed by atoms with Crippen molar-refractivity contribution in [1.29, 1.82) is 5.26 Å². The number of nitrogens with one attached hydrogen (secondary N) is 2. The van der Waals surface area contributed by atoms with Crippen molar-refractivity contribution in [3.05, 3.63) is 64.4 Å². The highest BCUT2D eigenvalue weighted by Crippen LogP contribution is 2.27. The van der Waals surface area contributed by atoms with E-state index in [4.69, 9.17) is 11.0 Å². The Bertz CT molecular complexity index is 959. The number of nitriles is 1. The number of rotatable bonds is 3. The van der Waals surface area contributed by atoms with E-state index in [0.717, 1.165) is 5.56 Å². The van der Waals surface area contributed by atoms with Crippen LogP contribution in [0.25, 0.3) is 11.3 Å². The van der Waals surface area contributed by atoms with Crippen molar-refractivity contribution < 1.29 is 0 Å². The van der Waals surface area contributed by atoms with Crippen LogP contribution in [0.15, 0.2) is 63.6 Å². The molecule has 7 heteroatoms. The van der Waals surface area contributed by atoms with Crippen LogP contribution < -0.4 is 11.3 Å². The molecule has 1 aromatic heterocycles. The first-order valence-corrected chi connectivity index (χ1v) is 6.76. The van der Waals surface area contributed by atoms with E-state index in [9.17, 15) is 4.79 Å². The van der Waals surface area contributed by atoms with Crippen LogP contribution in [0.3, 0.4) is 0 Å². The van der Waals surface area contributed by atoms with Gasteiger partial charge in [-0.15, -0.1) is 10.2 Å². The van der Waals surface area contributed by atoms with Gasteiger partial charge in [-0.1, -0.05) is 24.3 Å². The lowest BCUT2D eigenvalue weighted by molar-refractivity contribution is 1.06.